The van der Waals surface area contributed by atoms with E-state index in [1.165, 1.54) is 4.31 Å². The van der Waals surface area contributed by atoms with Crippen LogP contribution in [0.3, 0.4) is 0 Å². The summed E-state index contributed by atoms with van der Waals surface area (Å²) < 4.78 is 30.9. The molecule has 0 aliphatic carbocycles. The fraction of sp³-hybridized carbons (Fsp3) is 0.538. The van der Waals surface area contributed by atoms with Gasteiger partial charge in [0.1, 0.15) is 12.4 Å². The van der Waals surface area contributed by atoms with Crippen molar-refractivity contribution in [1.29, 1.82) is 0 Å². The van der Waals surface area contributed by atoms with Gasteiger partial charge in [0.05, 0.1) is 5.75 Å². The van der Waals surface area contributed by atoms with Crippen LogP contribution in [0.15, 0.2) is 24.3 Å². The Hall–Kier alpha value is -1.31. The van der Waals surface area contributed by atoms with E-state index in [0.717, 1.165) is 0 Å². The zero-order valence-corrected chi connectivity index (χ0v) is 12.5. The fourth-order valence-electron chi connectivity index (χ4n) is 1.74. The lowest BCUT2D eigenvalue weighted by Crippen LogP contribution is -2.35. The van der Waals surface area contributed by atoms with Gasteiger partial charge < -0.3 is 15.6 Å². The minimum Gasteiger partial charge on any atom is -0.492 e. The number of sulfonamides is 1. The van der Waals surface area contributed by atoms with Crippen LogP contribution in [0.5, 0.6) is 5.75 Å². The predicted octanol–water partition coefficient (Wildman–Crippen LogP) is 0.682. The molecule has 0 radical (unpaired) electrons. The minimum absolute atomic E-state index is 0.0220. The number of nitrogen functional groups attached to an aromatic ring is 1. The third-order valence-corrected chi connectivity index (χ3v) is 4.69. The number of ether oxygens (including phenoxy) is 1. The molecular weight excluding hydrogens is 280 g/mol. The molecule has 0 fully saturated rings. The van der Waals surface area contributed by atoms with Crippen molar-refractivity contribution in [3.63, 3.8) is 0 Å². The first-order valence-corrected chi connectivity index (χ1v) is 8.17. The molecule has 0 aromatic heterocycles. The van der Waals surface area contributed by atoms with Gasteiger partial charge in [-0.05, 0) is 18.6 Å². The van der Waals surface area contributed by atoms with Crippen molar-refractivity contribution in [2.45, 2.75) is 13.3 Å². The van der Waals surface area contributed by atoms with Gasteiger partial charge in [0.25, 0.3) is 0 Å². The molecule has 1 aromatic rings. The van der Waals surface area contributed by atoms with Crippen molar-refractivity contribution in [3.8, 4) is 5.75 Å². The Balaban J connectivity index is 2.50. The van der Waals surface area contributed by atoms with E-state index in [9.17, 15) is 8.42 Å². The van der Waals surface area contributed by atoms with Crippen LogP contribution in [-0.2, 0) is 10.0 Å². The topological polar surface area (TPSA) is 92.9 Å². The monoisotopic (exact) mass is 302 g/mol. The number of hydrogen-bond donors (Lipinski definition) is 2. The second kappa shape index (κ2) is 8.08. The van der Waals surface area contributed by atoms with E-state index in [2.05, 4.69) is 0 Å². The van der Waals surface area contributed by atoms with Gasteiger partial charge in [0.15, 0.2) is 0 Å². The molecule has 0 saturated carbocycles. The summed E-state index contributed by atoms with van der Waals surface area (Å²) in [7, 11) is -3.36. The molecule has 114 valence electrons. The molecule has 0 amide bonds. The molecule has 1 aromatic carbocycles. The standard InChI is InChI=1S/C13H22N2O4S/c1-2-15(7-4-8-16)20(17,18)10-9-19-13-6-3-5-12(14)11-13/h3,5-6,11,16H,2,4,7-10,14H2,1H3. The maximum absolute atomic E-state index is 12.1. The maximum atomic E-state index is 12.1. The third-order valence-electron chi connectivity index (χ3n) is 2.78. The minimum atomic E-state index is -3.36. The molecule has 6 nitrogen and oxygen atoms in total. The van der Waals surface area contributed by atoms with Gasteiger partial charge in [-0.1, -0.05) is 13.0 Å². The molecule has 0 aliphatic heterocycles. The Labute approximate surface area is 120 Å². The highest BCUT2D eigenvalue weighted by Gasteiger charge is 2.19. The van der Waals surface area contributed by atoms with Crippen LogP contribution in [0.2, 0.25) is 0 Å². The van der Waals surface area contributed by atoms with Gasteiger partial charge in [0.2, 0.25) is 10.0 Å². The van der Waals surface area contributed by atoms with E-state index < -0.39 is 10.0 Å². The Morgan fingerprint density at radius 2 is 2.15 bits per heavy atom. The average Bonchev–Trinajstić information content (AvgIpc) is 2.39. The van der Waals surface area contributed by atoms with Gasteiger partial charge in [-0.25, -0.2) is 12.7 Å². The first-order valence-electron chi connectivity index (χ1n) is 6.56. The number of rotatable bonds is 9. The summed E-state index contributed by atoms with van der Waals surface area (Å²) in [6, 6.07) is 6.86. The molecule has 0 aliphatic rings. The molecule has 0 spiro atoms. The second-order valence-corrected chi connectivity index (χ2v) is 6.39. The Morgan fingerprint density at radius 3 is 2.75 bits per heavy atom. The number of anilines is 1. The van der Waals surface area contributed by atoms with Crippen molar-refractivity contribution in [1.82, 2.24) is 4.31 Å². The van der Waals surface area contributed by atoms with E-state index in [-0.39, 0.29) is 19.0 Å². The van der Waals surface area contributed by atoms with Gasteiger partial charge in [-0.15, -0.1) is 0 Å². The van der Waals surface area contributed by atoms with Crippen LogP contribution in [-0.4, -0.2) is 49.9 Å². The number of hydrogen-bond acceptors (Lipinski definition) is 5. The lowest BCUT2D eigenvalue weighted by molar-refractivity contribution is 0.270. The zero-order valence-electron chi connectivity index (χ0n) is 11.7. The highest BCUT2D eigenvalue weighted by atomic mass is 32.2. The smallest absolute Gasteiger partial charge is 0.217 e. The maximum Gasteiger partial charge on any atom is 0.217 e. The third kappa shape index (κ3) is 5.36. The first kappa shape index (κ1) is 16.7. The summed E-state index contributed by atoms with van der Waals surface area (Å²) in [5, 5.41) is 8.77. The number of aliphatic hydroxyl groups excluding tert-OH is 1. The van der Waals surface area contributed by atoms with Crippen LogP contribution in [0, 0.1) is 0 Å². The molecule has 0 unspecified atom stereocenters. The van der Waals surface area contributed by atoms with Crippen LogP contribution < -0.4 is 10.5 Å². The summed E-state index contributed by atoms with van der Waals surface area (Å²) in [5.74, 6) is 0.458. The van der Waals surface area contributed by atoms with Gasteiger partial charge in [-0.2, -0.15) is 0 Å². The molecule has 20 heavy (non-hydrogen) atoms. The molecule has 0 atom stereocenters. The van der Waals surface area contributed by atoms with E-state index in [0.29, 0.717) is 30.9 Å². The van der Waals surface area contributed by atoms with Crippen molar-refractivity contribution in [2.24, 2.45) is 0 Å². The molecule has 0 heterocycles. The largest absolute Gasteiger partial charge is 0.492 e. The predicted molar refractivity (Wildman–Crippen MR) is 79.1 cm³/mol. The van der Waals surface area contributed by atoms with Crippen LogP contribution in [0.4, 0.5) is 5.69 Å². The molecule has 3 N–H and O–H groups in total. The van der Waals surface area contributed by atoms with Crippen LogP contribution in [0.1, 0.15) is 13.3 Å². The van der Waals surface area contributed by atoms with Crippen LogP contribution in [0.25, 0.3) is 0 Å². The van der Waals surface area contributed by atoms with Gasteiger partial charge in [0, 0.05) is 31.5 Å². The van der Waals surface area contributed by atoms with Crippen LogP contribution >= 0.6 is 0 Å². The summed E-state index contributed by atoms with van der Waals surface area (Å²) in [6.07, 6.45) is 0.434. The normalized spacial score (nSPS) is 11.8. The van der Waals surface area contributed by atoms with Crippen molar-refractivity contribution < 1.29 is 18.3 Å². The van der Waals surface area contributed by atoms with Crippen molar-refractivity contribution in [3.05, 3.63) is 24.3 Å². The summed E-state index contributed by atoms with van der Waals surface area (Å²) in [4.78, 5) is 0. The number of aliphatic hydroxyl groups is 1. The highest BCUT2D eigenvalue weighted by molar-refractivity contribution is 7.89. The van der Waals surface area contributed by atoms with E-state index in [1.54, 1.807) is 31.2 Å². The number of nitrogens with zero attached hydrogens (tertiary/aromatic N) is 1. The van der Waals surface area contributed by atoms with E-state index >= 15 is 0 Å². The van der Waals surface area contributed by atoms with Gasteiger partial charge >= 0.3 is 0 Å². The summed E-state index contributed by atoms with van der Waals surface area (Å²) >= 11 is 0. The average molecular weight is 302 g/mol. The van der Waals surface area contributed by atoms with Gasteiger partial charge in [-0.3, -0.25) is 0 Å². The first-order chi connectivity index (χ1) is 9.49. The second-order valence-electron chi connectivity index (χ2n) is 4.31. The van der Waals surface area contributed by atoms with E-state index in [1.807, 2.05) is 0 Å². The zero-order chi connectivity index (χ0) is 15.0. The van der Waals surface area contributed by atoms with Crippen molar-refractivity contribution >= 4 is 15.7 Å². The fourth-order valence-corrected chi connectivity index (χ4v) is 3.09. The Morgan fingerprint density at radius 1 is 1.40 bits per heavy atom. The molecule has 1 rings (SSSR count). The molecular formula is C13H22N2O4S. The van der Waals surface area contributed by atoms with E-state index in [4.69, 9.17) is 15.6 Å². The Kier molecular flexibility index (Phi) is 6.77. The lowest BCUT2D eigenvalue weighted by Gasteiger charge is -2.20. The number of benzene rings is 1. The van der Waals surface area contributed by atoms with Crippen molar-refractivity contribution in [2.75, 3.05) is 37.8 Å². The molecule has 0 bridgehead atoms. The molecule has 7 heteroatoms. The quantitative estimate of drug-likeness (QED) is 0.654. The SMILES string of the molecule is CCN(CCCO)S(=O)(=O)CCOc1cccc(N)c1. The number of nitrogens with two attached hydrogens (primary N) is 1. The lowest BCUT2D eigenvalue weighted by atomic mass is 10.3. The Bertz CT molecular complexity index is 505. The molecule has 0 saturated heterocycles. The summed E-state index contributed by atoms with van der Waals surface area (Å²) in [5.41, 5.74) is 6.18. The summed E-state index contributed by atoms with van der Waals surface area (Å²) in [6.45, 7) is 2.54. The highest BCUT2D eigenvalue weighted by Crippen LogP contribution is 2.14.